The summed E-state index contributed by atoms with van der Waals surface area (Å²) in [7, 11) is 0. The lowest BCUT2D eigenvalue weighted by atomic mass is 10.1. The minimum atomic E-state index is 0.288. The Morgan fingerprint density at radius 1 is 1.20 bits per heavy atom. The van der Waals surface area contributed by atoms with Gasteiger partial charge in [-0.05, 0) is 5.56 Å². The molecule has 0 fully saturated rings. The molecule has 0 saturated heterocycles. The zero-order valence-corrected chi connectivity index (χ0v) is 8.01. The monoisotopic (exact) mass is 198 g/mol. The first-order valence-electron chi connectivity index (χ1n) is 4.45. The van der Waals surface area contributed by atoms with Crippen molar-refractivity contribution >= 4 is 5.82 Å². The molecule has 74 valence electrons. The van der Waals surface area contributed by atoms with Gasteiger partial charge in [-0.15, -0.1) is 0 Å². The third-order valence-electron chi connectivity index (χ3n) is 2.27. The third-order valence-corrected chi connectivity index (χ3v) is 2.27. The second kappa shape index (κ2) is 3.39. The second-order valence-corrected chi connectivity index (χ2v) is 3.19. The lowest BCUT2D eigenvalue weighted by molar-refractivity contribution is 1.03. The third kappa shape index (κ3) is 1.40. The summed E-state index contributed by atoms with van der Waals surface area (Å²) in [5, 5.41) is 8.98. The minimum Gasteiger partial charge on any atom is -0.383 e. The topological polar surface area (TPSA) is 80.8 Å². The summed E-state index contributed by atoms with van der Waals surface area (Å²) in [5.74, 6) is 5.88. The number of aromatic nitrogens is 1. The average Bonchev–Trinajstić information content (AvgIpc) is 2.56. The van der Waals surface area contributed by atoms with Crippen LogP contribution in [0.2, 0.25) is 0 Å². The van der Waals surface area contributed by atoms with Crippen LogP contribution in [0.15, 0.2) is 36.5 Å². The zero-order valence-electron chi connectivity index (χ0n) is 8.01. The maximum absolute atomic E-state index is 8.98. The van der Waals surface area contributed by atoms with Crippen LogP contribution in [0.4, 0.5) is 5.82 Å². The standard InChI is InChI=1S/C11H10N4/c12-6-9-10(7-15(14)11(9)13)8-4-2-1-3-5-8/h1-5,7H,13-14H2. The zero-order chi connectivity index (χ0) is 10.8. The highest BCUT2D eigenvalue weighted by molar-refractivity contribution is 5.76. The van der Waals surface area contributed by atoms with Crippen LogP contribution in [0.1, 0.15) is 5.56 Å². The predicted molar refractivity (Wildman–Crippen MR) is 59.1 cm³/mol. The van der Waals surface area contributed by atoms with Gasteiger partial charge in [-0.2, -0.15) is 5.26 Å². The number of nitriles is 1. The van der Waals surface area contributed by atoms with Gasteiger partial charge >= 0.3 is 0 Å². The lowest BCUT2D eigenvalue weighted by Gasteiger charge is -1.96. The first kappa shape index (κ1) is 9.16. The minimum absolute atomic E-state index is 0.288. The molecule has 0 amide bonds. The molecule has 0 spiro atoms. The molecule has 2 aromatic rings. The molecular formula is C11H10N4. The number of nitrogens with zero attached hydrogens (tertiary/aromatic N) is 2. The molecule has 1 aromatic heterocycles. The summed E-state index contributed by atoms with van der Waals surface area (Å²) < 4.78 is 1.26. The molecule has 1 heterocycles. The quantitative estimate of drug-likeness (QED) is 0.678. The highest BCUT2D eigenvalue weighted by Gasteiger charge is 2.12. The van der Waals surface area contributed by atoms with E-state index in [9.17, 15) is 0 Å². The molecule has 4 nitrogen and oxygen atoms in total. The normalized spacial score (nSPS) is 9.80. The van der Waals surface area contributed by atoms with Gasteiger partial charge < -0.3 is 11.6 Å². The average molecular weight is 198 g/mol. The lowest BCUT2D eigenvalue weighted by Crippen LogP contribution is -2.10. The van der Waals surface area contributed by atoms with Crippen LogP contribution >= 0.6 is 0 Å². The molecule has 0 atom stereocenters. The Bertz CT molecular complexity index is 520. The maximum atomic E-state index is 8.98. The van der Waals surface area contributed by atoms with Crippen LogP contribution in [0.25, 0.3) is 11.1 Å². The van der Waals surface area contributed by atoms with Gasteiger partial charge in [0, 0.05) is 11.8 Å². The first-order valence-corrected chi connectivity index (χ1v) is 4.45. The van der Waals surface area contributed by atoms with E-state index in [0.29, 0.717) is 5.56 Å². The maximum Gasteiger partial charge on any atom is 0.140 e. The Balaban J connectivity index is 2.65. The van der Waals surface area contributed by atoms with Gasteiger partial charge in [0.1, 0.15) is 17.5 Å². The second-order valence-electron chi connectivity index (χ2n) is 3.19. The Kier molecular flexibility index (Phi) is 2.07. The molecule has 0 saturated carbocycles. The molecule has 0 aliphatic heterocycles. The fraction of sp³-hybridized carbons (Fsp3) is 0. The summed E-state index contributed by atoms with van der Waals surface area (Å²) in [5.41, 5.74) is 7.78. The largest absolute Gasteiger partial charge is 0.383 e. The van der Waals surface area contributed by atoms with Crippen molar-refractivity contribution < 1.29 is 0 Å². The molecule has 2 rings (SSSR count). The SMILES string of the molecule is N#Cc1c(-c2ccccc2)cn(N)c1N. The smallest absolute Gasteiger partial charge is 0.140 e. The number of nitrogen functional groups attached to an aromatic ring is 2. The Labute approximate surface area is 87.3 Å². The van der Waals surface area contributed by atoms with Crippen LogP contribution in [0.3, 0.4) is 0 Å². The van der Waals surface area contributed by atoms with Crippen molar-refractivity contribution in [3.63, 3.8) is 0 Å². The van der Waals surface area contributed by atoms with E-state index in [1.54, 1.807) is 6.20 Å². The number of hydrogen-bond donors (Lipinski definition) is 2. The molecular weight excluding hydrogens is 188 g/mol. The predicted octanol–water partition coefficient (Wildman–Crippen LogP) is 1.32. The van der Waals surface area contributed by atoms with E-state index in [-0.39, 0.29) is 5.82 Å². The highest BCUT2D eigenvalue weighted by atomic mass is 15.3. The van der Waals surface area contributed by atoms with Crippen LogP contribution in [-0.4, -0.2) is 4.68 Å². The molecule has 1 aromatic carbocycles. The molecule has 0 radical (unpaired) electrons. The molecule has 0 unspecified atom stereocenters. The van der Waals surface area contributed by atoms with Crippen LogP contribution in [0.5, 0.6) is 0 Å². The van der Waals surface area contributed by atoms with Crippen molar-refractivity contribution in [1.29, 1.82) is 5.26 Å². The summed E-state index contributed by atoms with van der Waals surface area (Å²) in [6.45, 7) is 0. The van der Waals surface area contributed by atoms with Crippen molar-refractivity contribution in [1.82, 2.24) is 4.68 Å². The summed E-state index contributed by atoms with van der Waals surface area (Å²) in [4.78, 5) is 0. The first-order chi connectivity index (χ1) is 7.24. The Hall–Kier alpha value is -2.41. The van der Waals surface area contributed by atoms with Crippen molar-refractivity contribution in [2.75, 3.05) is 11.6 Å². The van der Waals surface area contributed by atoms with Gasteiger partial charge in [-0.1, -0.05) is 30.3 Å². The van der Waals surface area contributed by atoms with E-state index in [0.717, 1.165) is 11.1 Å². The number of anilines is 1. The van der Waals surface area contributed by atoms with E-state index in [1.807, 2.05) is 30.3 Å². The number of hydrogen-bond acceptors (Lipinski definition) is 3. The van der Waals surface area contributed by atoms with Crippen LogP contribution < -0.4 is 11.6 Å². The van der Waals surface area contributed by atoms with E-state index in [1.165, 1.54) is 4.68 Å². The fourth-order valence-corrected chi connectivity index (χ4v) is 1.49. The number of rotatable bonds is 1. The Morgan fingerprint density at radius 3 is 2.47 bits per heavy atom. The summed E-state index contributed by atoms with van der Waals surface area (Å²) in [6, 6.07) is 11.6. The van der Waals surface area contributed by atoms with Crippen molar-refractivity contribution in [2.45, 2.75) is 0 Å². The molecule has 15 heavy (non-hydrogen) atoms. The van der Waals surface area contributed by atoms with Gasteiger partial charge in [0.2, 0.25) is 0 Å². The van der Waals surface area contributed by atoms with E-state index in [2.05, 4.69) is 6.07 Å². The molecule has 4 heteroatoms. The summed E-state index contributed by atoms with van der Waals surface area (Å²) in [6.07, 6.45) is 1.66. The molecule has 4 N–H and O–H groups in total. The number of nitrogens with two attached hydrogens (primary N) is 2. The van der Waals surface area contributed by atoms with Gasteiger partial charge in [0.15, 0.2) is 0 Å². The van der Waals surface area contributed by atoms with E-state index < -0.39 is 0 Å². The Morgan fingerprint density at radius 2 is 1.87 bits per heavy atom. The molecule has 0 aliphatic rings. The van der Waals surface area contributed by atoms with Gasteiger partial charge in [-0.3, -0.25) is 4.68 Å². The van der Waals surface area contributed by atoms with Crippen LogP contribution in [0, 0.1) is 11.3 Å². The van der Waals surface area contributed by atoms with Gasteiger partial charge in [0.25, 0.3) is 0 Å². The van der Waals surface area contributed by atoms with Crippen molar-refractivity contribution in [3.05, 3.63) is 42.1 Å². The molecule has 0 bridgehead atoms. The highest BCUT2D eigenvalue weighted by Crippen LogP contribution is 2.27. The summed E-state index contributed by atoms with van der Waals surface area (Å²) >= 11 is 0. The fourth-order valence-electron chi connectivity index (χ4n) is 1.49. The number of benzene rings is 1. The van der Waals surface area contributed by atoms with E-state index in [4.69, 9.17) is 16.8 Å². The van der Waals surface area contributed by atoms with Gasteiger partial charge in [0.05, 0.1) is 0 Å². The van der Waals surface area contributed by atoms with Crippen molar-refractivity contribution in [2.24, 2.45) is 0 Å². The van der Waals surface area contributed by atoms with Crippen LogP contribution in [-0.2, 0) is 0 Å². The van der Waals surface area contributed by atoms with Gasteiger partial charge in [-0.25, -0.2) is 0 Å². The van der Waals surface area contributed by atoms with Crippen molar-refractivity contribution in [3.8, 4) is 17.2 Å². The molecule has 0 aliphatic carbocycles. The van der Waals surface area contributed by atoms with E-state index >= 15 is 0 Å².